The Hall–Kier alpha value is -1.36. The number of aromatic nitrogens is 2. The van der Waals surface area contributed by atoms with Crippen molar-refractivity contribution < 1.29 is 0 Å². The normalized spacial score (nSPS) is 18.1. The molecule has 1 aliphatic carbocycles. The van der Waals surface area contributed by atoms with Crippen LogP contribution >= 0.6 is 0 Å². The molecule has 2 rings (SSSR count). The summed E-state index contributed by atoms with van der Waals surface area (Å²) < 4.78 is 0. The maximum atomic E-state index is 5.59. The van der Waals surface area contributed by atoms with Gasteiger partial charge in [-0.05, 0) is 26.7 Å². The highest BCUT2D eigenvalue weighted by Crippen LogP contribution is 2.33. The number of nitrogens with zero attached hydrogens (tertiary/aromatic N) is 2. The van der Waals surface area contributed by atoms with Gasteiger partial charge in [-0.2, -0.15) is 0 Å². The zero-order chi connectivity index (χ0) is 14.8. The van der Waals surface area contributed by atoms with E-state index in [2.05, 4.69) is 36.5 Å². The first-order valence-electron chi connectivity index (χ1n) is 7.58. The van der Waals surface area contributed by atoms with Gasteiger partial charge in [-0.25, -0.2) is 15.8 Å². The molecule has 112 valence electrons. The van der Waals surface area contributed by atoms with Gasteiger partial charge in [0.25, 0.3) is 0 Å². The van der Waals surface area contributed by atoms with Crippen LogP contribution in [-0.2, 0) is 0 Å². The molecule has 1 heterocycles. The third-order valence-electron chi connectivity index (χ3n) is 4.19. The van der Waals surface area contributed by atoms with Gasteiger partial charge in [-0.1, -0.05) is 33.1 Å². The van der Waals surface area contributed by atoms with E-state index in [-0.39, 0.29) is 11.5 Å². The van der Waals surface area contributed by atoms with Crippen molar-refractivity contribution in [2.24, 2.45) is 5.84 Å². The first kappa shape index (κ1) is 15.0. The smallest absolute Gasteiger partial charge is 0.148 e. The largest absolute Gasteiger partial charge is 0.365 e. The summed E-state index contributed by atoms with van der Waals surface area (Å²) in [6.45, 7) is 8.49. The van der Waals surface area contributed by atoms with E-state index in [1.165, 1.54) is 32.1 Å². The average molecular weight is 277 g/mol. The van der Waals surface area contributed by atoms with Crippen molar-refractivity contribution in [1.29, 1.82) is 0 Å². The Kier molecular flexibility index (Phi) is 4.48. The third kappa shape index (κ3) is 3.20. The summed E-state index contributed by atoms with van der Waals surface area (Å²) in [4.78, 5) is 9.18. The van der Waals surface area contributed by atoms with Gasteiger partial charge in [0, 0.05) is 17.0 Å². The van der Waals surface area contributed by atoms with Gasteiger partial charge in [0.1, 0.15) is 17.5 Å². The Labute approximate surface area is 121 Å². The molecule has 20 heavy (non-hydrogen) atoms. The summed E-state index contributed by atoms with van der Waals surface area (Å²) in [6.07, 6.45) is 6.30. The monoisotopic (exact) mass is 277 g/mol. The van der Waals surface area contributed by atoms with E-state index in [0.29, 0.717) is 5.82 Å². The number of hydrogen-bond donors (Lipinski definition) is 3. The van der Waals surface area contributed by atoms with Crippen LogP contribution in [0.1, 0.15) is 70.2 Å². The SMILES string of the molecule is Cc1c(NN)nc(C(C)C)nc1NC1(C)CCCCC1. The summed E-state index contributed by atoms with van der Waals surface area (Å²) in [5, 5.41) is 3.65. The zero-order valence-electron chi connectivity index (χ0n) is 13.1. The van der Waals surface area contributed by atoms with Crippen molar-refractivity contribution in [2.45, 2.75) is 71.3 Å². The molecule has 0 spiro atoms. The van der Waals surface area contributed by atoms with E-state index < -0.39 is 0 Å². The molecule has 0 bridgehead atoms. The standard InChI is InChI=1S/C15H27N5/c1-10(2)12-17-13(11(3)14(18-12)20-16)19-15(4)8-6-5-7-9-15/h10H,5-9,16H2,1-4H3,(H2,17,18,19,20). The molecule has 1 aromatic rings. The number of hydrogen-bond acceptors (Lipinski definition) is 5. The van der Waals surface area contributed by atoms with Crippen molar-refractivity contribution in [3.63, 3.8) is 0 Å². The second-order valence-electron chi connectivity index (χ2n) is 6.45. The summed E-state index contributed by atoms with van der Waals surface area (Å²) in [6, 6.07) is 0. The predicted octanol–water partition coefficient (Wildman–Crippen LogP) is 3.33. The Morgan fingerprint density at radius 3 is 2.25 bits per heavy atom. The molecular weight excluding hydrogens is 250 g/mol. The molecule has 0 atom stereocenters. The highest BCUT2D eigenvalue weighted by Gasteiger charge is 2.28. The number of nitrogens with two attached hydrogens (primary N) is 1. The molecule has 1 aromatic heterocycles. The van der Waals surface area contributed by atoms with Gasteiger partial charge in [-0.15, -0.1) is 0 Å². The Morgan fingerprint density at radius 1 is 1.10 bits per heavy atom. The fraction of sp³-hybridized carbons (Fsp3) is 0.733. The first-order valence-corrected chi connectivity index (χ1v) is 7.58. The number of nitrogen functional groups attached to an aromatic ring is 1. The number of anilines is 2. The Morgan fingerprint density at radius 2 is 1.70 bits per heavy atom. The molecule has 0 radical (unpaired) electrons. The van der Waals surface area contributed by atoms with Gasteiger partial charge < -0.3 is 10.7 Å². The molecule has 0 aliphatic heterocycles. The molecule has 1 fully saturated rings. The summed E-state index contributed by atoms with van der Waals surface area (Å²) in [5.74, 6) is 8.32. The Balaban J connectivity index is 2.32. The highest BCUT2D eigenvalue weighted by molar-refractivity contribution is 5.57. The summed E-state index contributed by atoms with van der Waals surface area (Å²) in [7, 11) is 0. The van der Waals surface area contributed by atoms with Crippen molar-refractivity contribution in [3.8, 4) is 0 Å². The van der Waals surface area contributed by atoms with Crippen LogP contribution in [0.5, 0.6) is 0 Å². The quantitative estimate of drug-likeness (QED) is 0.581. The summed E-state index contributed by atoms with van der Waals surface area (Å²) in [5.41, 5.74) is 3.82. The maximum absolute atomic E-state index is 5.59. The number of rotatable bonds is 4. The Bertz CT molecular complexity index is 464. The lowest BCUT2D eigenvalue weighted by molar-refractivity contribution is 0.348. The molecule has 0 saturated heterocycles. The van der Waals surface area contributed by atoms with E-state index in [4.69, 9.17) is 10.8 Å². The van der Waals surface area contributed by atoms with Crippen LogP contribution in [0.2, 0.25) is 0 Å². The van der Waals surface area contributed by atoms with E-state index in [1.807, 2.05) is 6.92 Å². The molecule has 1 saturated carbocycles. The van der Waals surface area contributed by atoms with Crippen LogP contribution < -0.4 is 16.6 Å². The third-order valence-corrected chi connectivity index (χ3v) is 4.19. The van der Waals surface area contributed by atoms with E-state index in [1.54, 1.807) is 0 Å². The molecule has 0 aromatic carbocycles. The average Bonchev–Trinajstić information content (AvgIpc) is 2.41. The van der Waals surface area contributed by atoms with Crippen molar-refractivity contribution in [2.75, 3.05) is 10.7 Å². The van der Waals surface area contributed by atoms with Gasteiger partial charge >= 0.3 is 0 Å². The van der Waals surface area contributed by atoms with Gasteiger partial charge in [0.2, 0.25) is 0 Å². The van der Waals surface area contributed by atoms with E-state index in [0.717, 1.165) is 17.2 Å². The van der Waals surface area contributed by atoms with Crippen molar-refractivity contribution in [1.82, 2.24) is 9.97 Å². The lowest BCUT2D eigenvalue weighted by Crippen LogP contribution is -2.37. The minimum atomic E-state index is 0.136. The molecule has 0 amide bonds. The maximum Gasteiger partial charge on any atom is 0.148 e. The molecular formula is C15H27N5. The minimum absolute atomic E-state index is 0.136. The van der Waals surface area contributed by atoms with Crippen LogP contribution in [0.4, 0.5) is 11.6 Å². The topological polar surface area (TPSA) is 75.9 Å². The molecule has 0 unspecified atom stereocenters. The van der Waals surface area contributed by atoms with Crippen LogP contribution in [0.15, 0.2) is 0 Å². The van der Waals surface area contributed by atoms with Gasteiger partial charge in [-0.3, -0.25) is 0 Å². The van der Waals surface area contributed by atoms with Crippen molar-refractivity contribution >= 4 is 11.6 Å². The second kappa shape index (κ2) is 5.95. The van der Waals surface area contributed by atoms with Gasteiger partial charge in [0.05, 0.1) is 0 Å². The van der Waals surface area contributed by atoms with Crippen LogP contribution in [0.25, 0.3) is 0 Å². The molecule has 4 N–H and O–H groups in total. The van der Waals surface area contributed by atoms with Crippen LogP contribution in [0.3, 0.4) is 0 Å². The van der Waals surface area contributed by atoms with Gasteiger partial charge in [0.15, 0.2) is 0 Å². The first-order chi connectivity index (χ1) is 9.45. The number of hydrazine groups is 1. The van der Waals surface area contributed by atoms with Crippen LogP contribution in [-0.4, -0.2) is 15.5 Å². The van der Waals surface area contributed by atoms with E-state index >= 15 is 0 Å². The zero-order valence-corrected chi connectivity index (χ0v) is 13.1. The lowest BCUT2D eigenvalue weighted by Gasteiger charge is -2.35. The lowest BCUT2D eigenvalue weighted by atomic mass is 9.83. The highest BCUT2D eigenvalue weighted by atomic mass is 15.3. The summed E-state index contributed by atoms with van der Waals surface area (Å²) >= 11 is 0. The molecule has 1 aliphatic rings. The van der Waals surface area contributed by atoms with Crippen LogP contribution in [0, 0.1) is 6.92 Å². The fourth-order valence-electron chi connectivity index (χ4n) is 2.80. The molecule has 5 heteroatoms. The second-order valence-corrected chi connectivity index (χ2v) is 6.45. The fourth-order valence-corrected chi connectivity index (χ4v) is 2.80. The van der Waals surface area contributed by atoms with E-state index in [9.17, 15) is 0 Å². The molecule has 5 nitrogen and oxygen atoms in total. The minimum Gasteiger partial charge on any atom is -0.365 e. The number of nitrogens with one attached hydrogen (secondary N) is 2. The van der Waals surface area contributed by atoms with Crippen molar-refractivity contribution in [3.05, 3.63) is 11.4 Å². The predicted molar refractivity (Wildman–Crippen MR) is 83.8 cm³/mol.